The van der Waals surface area contributed by atoms with E-state index in [1.54, 1.807) is 6.26 Å². The van der Waals surface area contributed by atoms with Gasteiger partial charge in [-0.2, -0.15) is 0 Å². The van der Waals surface area contributed by atoms with Crippen LogP contribution in [0.5, 0.6) is 0 Å². The second-order valence-electron chi connectivity index (χ2n) is 12.3. The number of hydrogen-bond acceptors (Lipinski definition) is 4. The summed E-state index contributed by atoms with van der Waals surface area (Å²) in [5, 5.41) is 2.50. The number of rotatable bonds is 10. The first-order valence-electron chi connectivity index (χ1n) is 14.1. The maximum Gasteiger partial charge on any atom is 0.261 e. The van der Waals surface area contributed by atoms with Gasteiger partial charge in [0.1, 0.15) is 12.0 Å². The van der Waals surface area contributed by atoms with E-state index < -0.39 is 16.6 Å². The molecule has 1 saturated heterocycles. The molecule has 0 aromatic heterocycles. The average Bonchev–Trinajstić information content (AvgIpc) is 2.92. The van der Waals surface area contributed by atoms with Gasteiger partial charge in [-0.1, -0.05) is 112 Å². The summed E-state index contributed by atoms with van der Waals surface area (Å²) >= 11 is 0. The molecule has 0 saturated carbocycles. The molecule has 1 aliphatic heterocycles. The van der Waals surface area contributed by atoms with Crippen molar-refractivity contribution in [1.29, 1.82) is 0 Å². The van der Waals surface area contributed by atoms with Crippen LogP contribution in [0.1, 0.15) is 45.6 Å². The van der Waals surface area contributed by atoms with Crippen molar-refractivity contribution in [2.75, 3.05) is 6.61 Å². The van der Waals surface area contributed by atoms with Gasteiger partial charge in [-0.15, -0.1) is 0 Å². The monoisotopic (exact) mass is 560 g/mol. The molecular weight excluding hydrogens is 517 g/mol. The van der Waals surface area contributed by atoms with E-state index in [2.05, 4.69) is 113 Å². The lowest BCUT2D eigenvalue weighted by molar-refractivity contribution is -0.174. The van der Waals surface area contributed by atoms with Crippen molar-refractivity contribution in [3.05, 3.63) is 103 Å². The normalized spacial score (nSPS) is 19.0. The second kappa shape index (κ2) is 12.7. The summed E-state index contributed by atoms with van der Waals surface area (Å²) in [4.78, 5) is 0. The van der Waals surface area contributed by atoms with E-state index in [-0.39, 0.29) is 17.4 Å². The summed E-state index contributed by atoms with van der Waals surface area (Å²) in [7, 11) is -4.43. The van der Waals surface area contributed by atoms with Crippen LogP contribution in [-0.4, -0.2) is 35.6 Å². The Bertz CT molecular complexity index is 1150. The maximum absolute atomic E-state index is 7.14. The minimum atomic E-state index is -2.61. The molecule has 4 rings (SSSR count). The van der Waals surface area contributed by atoms with Gasteiger partial charge in [0, 0.05) is 12.0 Å². The lowest BCUT2D eigenvalue weighted by Gasteiger charge is -2.44. The van der Waals surface area contributed by atoms with E-state index in [1.165, 1.54) is 10.4 Å². The highest BCUT2D eigenvalue weighted by atomic mass is 28.4. The molecule has 0 aliphatic carbocycles. The van der Waals surface area contributed by atoms with Gasteiger partial charge < -0.3 is 18.3 Å². The van der Waals surface area contributed by atoms with E-state index in [0.717, 1.165) is 30.6 Å². The Labute approximate surface area is 237 Å². The van der Waals surface area contributed by atoms with Gasteiger partial charge in [0.05, 0.1) is 12.7 Å². The molecular formula is C33H44O4Si2. The fraction of sp³-hybridized carbons (Fsp3) is 0.394. The molecule has 39 heavy (non-hydrogen) atoms. The summed E-state index contributed by atoms with van der Waals surface area (Å²) in [6.45, 7) is 14.0. The van der Waals surface area contributed by atoms with Gasteiger partial charge in [-0.3, -0.25) is 0 Å². The second-order valence-corrected chi connectivity index (χ2v) is 21.0. The topological polar surface area (TPSA) is 36.9 Å². The Kier molecular flexibility index (Phi) is 9.54. The smallest absolute Gasteiger partial charge is 0.261 e. The third kappa shape index (κ3) is 7.51. The number of benzene rings is 3. The molecule has 0 amide bonds. The molecule has 3 aromatic carbocycles. The Hall–Kier alpha value is -2.65. The van der Waals surface area contributed by atoms with Crippen LogP contribution >= 0.6 is 0 Å². The fourth-order valence-electron chi connectivity index (χ4n) is 5.29. The molecule has 1 heterocycles. The third-order valence-electron chi connectivity index (χ3n) is 7.01. The minimum Gasteiger partial charge on any atom is -0.542 e. The van der Waals surface area contributed by atoms with Gasteiger partial charge in [-0.05, 0) is 47.9 Å². The first-order chi connectivity index (χ1) is 18.6. The zero-order valence-electron chi connectivity index (χ0n) is 24.4. The predicted octanol–water partition coefficient (Wildman–Crippen LogP) is 7.32. The first-order valence-corrected chi connectivity index (χ1v) is 19.4. The summed E-state index contributed by atoms with van der Waals surface area (Å²) in [6.07, 6.45) is 4.24. The third-order valence-corrected chi connectivity index (χ3v) is 12.9. The largest absolute Gasteiger partial charge is 0.542 e. The van der Waals surface area contributed by atoms with Crippen LogP contribution in [0.25, 0.3) is 5.76 Å². The molecule has 0 spiro atoms. The molecule has 0 radical (unpaired) electrons. The van der Waals surface area contributed by atoms with Crippen molar-refractivity contribution < 1.29 is 18.3 Å². The van der Waals surface area contributed by atoms with Gasteiger partial charge in [0.15, 0.2) is 6.29 Å². The summed E-state index contributed by atoms with van der Waals surface area (Å²) < 4.78 is 26.2. The minimum absolute atomic E-state index is 0.0307. The predicted molar refractivity (Wildman–Crippen MR) is 166 cm³/mol. The highest BCUT2D eigenvalue weighted by Crippen LogP contribution is 2.37. The van der Waals surface area contributed by atoms with Crippen molar-refractivity contribution in [3.8, 4) is 0 Å². The lowest BCUT2D eigenvalue weighted by atomic mass is 10.1. The van der Waals surface area contributed by atoms with Crippen LogP contribution in [0.3, 0.4) is 0 Å². The van der Waals surface area contributed by atoms with Crippen molar-refractivity contribution in [2.24, 2.45) is 0 Å². The van der Waals surface area contributed by atoms with Crippen LogP contribution in [0.15, 0.2) is 97.3 Å². The quantitative estimate of drug-likeness (QED) is 0.192. The Morgan fingerprint density at radius 1 is 0.821 bits per heavy atom. The SMILES string of the molecule is CC(C)(C)[Si](OC[C@H]1CCC[C@@H](O/C=C(\O[Si](C)(C)C)c2ccccc2)O1)(c1ccccc1)c1ccccc1. The van der Waals surface area contributed by atoms with E-state index in [0.29, 0.717) is 6.61 Å². The molecule has 0 unspecified atom stereocenters. The summed E-state index contributed by atoms with van der Waals surface area (Å²) in [5.41, 5.74) is 1.02. The zero-order valence-corrected chi connectivity index (χ0v) is 26.4. The van der Waals surface area contributed by atoms with Crippen molar-refractivity contribution in [3.63, 3.8) is 0 Å². The highest BCUT2D eigenvalue weighted by molar-refractivity contribution is 6.99. The van der Waals surface area contributed by atoms with Crippen LogP contribution in [0.4, 0.5) is 0 Å². The van der Waals surface area contributed by atoms with Crippen LogP contribution < -0.4 is 10.4 Å². The fourth-order valence-corrected chi connectivity index (χ4v) is 10.7. The molecule has 208 valence electrons. The molecule has 4 nitrogen and oxygen atoms in total. The van der Waals surface area contributed by atoms with Gasteiger partial charge in [-0.25, -0.2) is 0 Å². The molecule has 0 N–H and O–H groups in total. The molecule has 6 heteroatoms. The molecule has 2 atom stereocenters. The first kappa shape index (κ1) is 29.3. The molecule has 1 fully saturated rings. The van der Waals surface area contributed by atoms with Gasteiger partial charge in [0.25, 0.3) is 8.32 Å². The van der Waals surface area contributed by atoms with E-state index in [4.69, 9.17) is 18.3 Å². The molecule has 1 aliphatic rings. The lowest BCUT2D eigenvalue weighted by Crippen LogP contribution is -2.67. The Morgan fingerprint density at radius 3 is 1.87 bits per heavy atom. The maximum atomic E-state index is 7.14. The van der Waals surface area contributed by atoms with E-state index in [1.807, 2.05) is 18.2 Å². The molecule has 3 aromatic rings. The Morgan fingerprint density at radius 2 is 1.36 bits per heavy atom. The average molecular weight is 561 g/mol. The summed E-state index contributed by atoms with van der Waals surface area (Å²) in [5.74, 6) is 0.768. The van der Waals surface area contributed by atoms with Gasteiger partial charge in [0.2, 0.25) is 8.32 Å². The van der Waals surface area contributed by atoms with Crippen molar-refractivity contribution >= 4 is 32.8 Å². The Balaban J connectivity index is 1.52. The standard InChI is InChI=1S/C33H44O4Si2/c1-33(2,3)39(29-20-12-8-13-21-29,30-22-14-9-15-23-30)35-25-28-19-16-24-32(36-28)34-26-31(37-38(4,5)6)27-17-10-7-11-18-27/h7-15,17-18,20-23,26,28,32H,16,19,24-25H2,1-6H3/b31-26-/t28-,32+/m1/s1. The van der Waals surface area contributed by atoms with Crippen molar-refractivity contribution in [1.82, 2.24) is 0 Å². The summed E-state index contributed by atoms with van der Waals surface area (Å²) in [6, 6.07) is 31.7. The van der Waals surface area contributed by atoms with E-state index >= 15 is 0 Å². The van der Waals surface area contributed by atoms with Crippen LogP contribution in [-0.2, 0) is 18.3 Å². The van der Waals surface area contributed by atoms with Crippen LogP contribution in [0, 0.1) is 0 Å². The number of ether oxygens (including phenoxy) is 2. The molecule has 0 bridgehead atoms. The van der Waals surface area contributed by atoms with Crippen LogP contribution in [0.2, 0.25) is 24.7 Å². The number of hydrogen-bond donors (Lipinski definition) is 0. The van der Waals surface area contributed by atoms with Gasteiger partial charge >= 0.3 is 0 Å². The van der Waals surface area contributed by atoms with Crippen molar-refractivity contribution in [2.45, 2.75) is 77.1 Å². The van der Waals surface area contributed by atoms with E-state index in [9.17, 15) is 0 Å². The zero-order chi connectivity index (χ0) is 27.9. The highest BCUT2D eigenvalue weighted by Gasteiger charge is 2.50.